The molecule has 1 fully saturated rings. The van der Waals surface area contributed by atoms with Crippen LogP contribution >= 0.6 is 11.3 Å². The summed E-state index contributed by atoms with van der Waals surface area (Å²) in [5.74, 6) is 0.00873. The van der Waals surface area contributed by atoms with Gasteiger partial charge < -0.3 is 15.4 Å². The maximum Gasteiger partial charge on any atom is 0.226 e. The van der Waals surface area contributed by atoms with E-state index in [-0.39, 0.29) is 11.3 Å². The molecule has 1 aliphatic heterocycles. The Kier molecular flexibility index (Phi) is 5.60. The van der Waals surface area contributed by atoms with Crippen molar-refractivity contribution in [1.82, 2.24) is 15.6 Å². The van der Waals surface area contributed by atoms with E-state index >= 15 is 0 Å². The largest absolute Gasteiger partial charge is 0.379 e. The van der Waals surface area contributed by atoms with Crippen molar-refractivity contribution in [1.29, 1.82) is 0 Å². The van der Waals surface area contributed by atoms with Crippen molar-refractivity contribution >= 4 is 17.2 Å². The van der Waals surface area contributed by atoms with Crippen molar-refractivity contribution in [3.63, 3.8) is 0 Å². The van der Waals surface area contributed by atoms with Crippen LogP contribution < -0.4 is 10.6 Å². The van der Waals surface area contributed by atoms with Crippen LogP contribution in [0.5, 0.6) is 0 Å². The number of carbonyl (C=O) groups excluding carboxylic acids is 1. The summed E-state index contributed by atoms with van der Waals surface area (Å²) in [4.78, 5) is 16.8. The van der Waals surface area contributed by atoms with Gasteiger partial charge >= 0.3 is 0 Å². The Balaban J connectivity index is 1.53. The molecular weight excluding hydrogens is 322 g/mol. The highest BCUT2D eigenvalue weighted by Gasteiger charge is 2.27. The first-order valence-electron chi connectivity index (χ1n) is 8.20. The van der Waals surface area contributed by atoms with E-state index in [2.05, 4.69) is 22.5 Å². The van der Waals surface area contributed by atoms with Gasteiger partial charge in [-0.25, -0.2) is 4.98 Å². The molecule has 1 atom stereocenters. The fraction of sp³-hybridized carbons (Fsp3) is 0.444. The van der Waals surface area contributed by atoms with Crippen LogP contribution in [0, 0.1) is 5.41 Å². The molecule has 128 valence electrons. The zero-order valence-corrected chi connectivity index (χ0v) is 14.7. The number of hydrogen-bond acceptors (Lipinski definition) is 5. The number of rotatable bonds is 5. The number of hydrogen-bond donors (Lipinski definition) is 2. The number of amides is 1. The standard InChI is InChI=1S/C18H23N3O2S/c1-18(11-19-7-8-23-13-18)12-20-16(22)9-17-21-15(10-24-17)14-5-3-2-4-6-14/h2-6,10,19H,7-9,11-13H2,1H3,(H,20,22). The third kappa shape index (κ3) is 4.63. The van der Waals surface area contributed by atoms with E-state index in [1.807, 2.05) is 35.7 Å². The van der Waals surface area contributed by atoms with Crippen molar-refractivity contribution in [3.8, 4) is 11.3 Å². The van der Waals surface area contributed by atoms with Crippen LogP contribution in [0.15, 0.2) is 35.7 Å². The minimum Gasteiger partial charge on any atom is -0.379 e. The average Bonchev–Trinajstić information content (AvgIpc) is 2.95. The summed E-state index contributed by atoms with van der Waals surface area (Å²) in [6, 6.07) is 10.0. The van der Waals surface area contributed by atoms with Crippen LogP contribution in [0.2, 0.25) is 0 Å². The molecule has 6 heteroatoms. The second-order valence-corrected chi connectivity index (χ2v) is 7.43. The van der Waals surface area contributed by atoms with Gasteiger partial charge in [0.05, 0.1) is 25.3 Å². The number of carbonyl (C=O) groups is 1. The van der Waals surface area contributed by atoms with Crippen LogP contribution in [-0.2, 0) is 16.0 Å². The van der Waals surface area contributed by atoms with Gasteiger partial charge in [0.25, 0.3) is 0 Å². The van der Waals surface area contributed by atoms with Crippen LogP contribution in [0.3, 0.4) is 0 Å². The smallest absolute Gasteiger partial charge is 0.226 e. The molecule has 1 amide bonds. The molecule has 1 aromatic heterocycles. The van der Waals surface area contributed by atoms with E-state index in [1.54, 1.807) is 0 Å². The molecule has 0 radical (unpaired) electrons. The number of nitrogens with one attached hydrogen (secondary N) is 2. The van der Waals surface area contributed by atoms with Gasteiger partial charge in [-0.1, -0.05) is 37.3 Å². The van der Waals surface area contributed by atoms with Gasteiger partial charge in [-0.3, -0.25) is 4.79 Å². The van der Waals surface area contributed by atoms with Crippen LogP contribution in [0.4, 0.5) is 0 Å². The molecule has 1 aromatic carbocycles. The molecule has 0 aliphatic carbocycles. The average molecular weight is 345 g/mol. The number of benzene rings is 1. The maximum atomic E-state index is 12.2. The molecule has 0 spiro atoms. The topological polar surface area (TPSA) is 63.2 Å². The highest BCUT2D eigenvalue weighted by atomic mass is 32.1. The summed E-state index contributed by atoms with van der Waals surface area (Å²) in [5, 5.41) is 9.21. The van der Waals surface area contributed by atoms with Gasteiger partial charge in [0.1, 0.15) is 5.01 Å². The third-order valence-electron chi connectivity index (χ3n) is 4.07. The second-order valence-electron chi connectivity index (χ2n) is 6.49. The van der Waals surface area contributed by atoms with E-state index in [0.717, 1.165) is 36.0 Å². The molecule has 24 heavy (non-hydrogen) atoms. The summed E-state index contributed by atoms with van der Waals surface area (Å²) >= 11 is 1.53. The Morgan fingerprint density at radius 2 is 2.25 bits per heavy atom. The van der Waals surface area contributed by atoms with Gasteiger partial charge in [0, 0.05) is 36.0 Å². The van der Waals surface area contributed by atoms with E-state index in [9.17, 15) is 4.79 Å². The van der Waals surface area contributed by atoms with Crippen molar-refractivity contribution in [3.05, 3.63) is 40.7 Å². The minimum absolute atomic E-state index is 0.00873. The van der Waals surface area contributed by atoms with Crippen LogP contribution in [0.25, 0.3) is 11.3 Å². The number of aromatic nitrogens is 1. The number of nitrogens with zero attached hydrogens (tertiary/aromatic N) is 1. The molecule has 1 saturated heterocycles. The van der Waals surface area contributed by atoms with Crippen molar-refractivity contribution in [2.75, 3.05) is 32.8 Å². The van der Waals surface area contributed by atoms with Gasteiger partial charge in [0.2, 0.25) is 5.91 Å². The summed E-state index contributed by atoms with van der Waals surface area (Å²) in [6.07, 6.45) is 0.321. The summed E-state index contributed by atoms with van der Waals surface area (Å²) in [5.41, 5.74) is 1.94. The molecule has 2 heterocycles. The zero-order chi connectivity index (χ0) is 16.8. The molecule has 1 aliphatic rings. The minimum atomic E-state index is -0.0652. The summed E-state index contributed by atoms with van der Waals surface area (Å²) in [7, 11) is 0. The monoisotopic (exact) mass is 345 g/mol. The Hall–Kier alpha value is -1.76. The van der Waals surface area contributed by atoms with E-state index in [4.69, 9.17) is 4.74 Å². The number of thiazole rings is 1. The SMILES string of the molecule is CC1(CNC(=O)Cc2nc(-c3ccccc3)cs2)CNCCOC1. The first-order valence-corrected chi connectivity index (χ1v) is 9.08. The molecular formula is C18H23N3O2S. The molecule has 5 nitrogen and oxygen atoms in total. The van der Waals surface area contributed by atoms with Crippen LogP contribution in [-0.4, -0.2) is 43.7 Å². The molecule has 0 bridgehead atoms. The quantitative estimate of drug-likeness (QED) is 0.871. The predicted octanol–water partition coefficient (Wildman–Crippen LogP) is 2.09. The first-order chi connectivity index (χ1) is 11.6. The maximum absolute atomic E-state index is 12.2. The summed E-state index contributed by atoms with van der Waals surface area (Å²) < 4.78 is 5.59. The van der Waals surface area contributed by atoms with Crippen molar-refractivity contribution in [2.24, 2.45) is 5.41 Å². The van der Waals surface area contributed by atoms with Crippen LogP contribution in [0.1, 0.15) is 11.9 Å². The second kappa shape index (κ2) is 7.88. The highest BCUT2D eigenvalue weighted by molar-refractivity contribution is 7.10. The van der Waals surface area contributed by atoms with Gasteiger partial charge in [-0.2, -0.15) is 0 Å². The fourth-order valence-corrected chi connectivity index (χ4v) is 3.46. The van der Waals surface area contributed by atoms with Gasteiger partial charge in [-0.15, -0.1) is 11.3 Å². The zero-order valence-electron chi connectivity index (χ0n) is 13.9. The molecule has 2 aromatic rings. The lowest BCUT2D eigenvalue weighted by Crippen LogP contribution is -2.43. The molecule has 2 N–H and O–H groups in total. The van der Waals surface area contributed by atoms with Crippen molar-refractivity contribution < 1.29 is 9.53 Å². The third-order valence-corrected chi connectivity index (χ3v) is 4.92. The normalized spacial score (nSPS) is 21.2. The Bertz CT molecular complexity index is 664. The predicted molar refractivity (Wildman–Crippen MR) is 96.1 cm³/mol. The number of ether oxygens (including phenoxy) is 1. The molecule has 0 saturated carbocycles. The first kappa shape index (κ1) is 17.1. The lowest BCUT2D eigenvalue weighted by Gasteiger charge is -2.27. The Morgan fingerprint density at radius 1 is 1.42 bits per heavy atom. The van der Waals surface area contributed by atoms with E-state index in [1.165, 1.54) is 11.3 Å². The molecule has 3 rings (SSSR count). The molecule has 1 unspecified atom stereocenters. The summed E-state index contributed by atoms with van der Waals surface area (Å²) in [6.45, 7) is 5.84. The van der Waals surface area contributed by atoms with E-state index < -0.39 is 0 Å². The highest BCUT2D eigenvalue weighted by Crippen LogP contribution is 2.22. The Morgan fingerprint density at radius 3 is 3.08 bits per heavy atom. The lowest BCUT2D eigenvalue weighted by atomic mass is 9.91. The lowest BCUT2D eigenvalue weighted by molar-refractivity contribution is -0.121. The van der Waals surface area contributed by atoms with Crippen molar-refractivity contribution in [2.45, 2.75) is 13.3 Å². The van der Waals surface area contributed by atoms with Gasteiger partial charge in [0.15, 0.2) is 0 Å². The van der Waals surface area contributed by atoms with Gasteiger partial charge in [-0.05, 0) is 0 Å². The van der Waals surface area contributed by atoms with E-state index in [0.29, 0.717) is 19.6 Å². The Labute approximate surface area is 146 Å². The fourth-order valence-electron chi connectivity index (χ4n) is 2.66.